The Kier molecular flexibility index (Phi) is 2.82. The van der Waals surface area contributed by atoms with Crippen LogP contribution in [0.1, 0.15) is 11.3 Å². The molecule has 2 aromatic heterocycles. The highest BCUT2D eigenvalue weighted by molar-refractivity contribution is 5.71. The predicted octanol–water partition coefficient (Wildman–Crippen LogP) is 2.73. The van der Waals surface area contributed by atoms with Crippen LogP contribution in [0.15, 0.2) is 30.6 Å². The zero-order chi connectivity index (χ0) is 14.3. The number of benzene rings is 1. The van der Waals surface area contributed by atoms with E-state index in [1.165, 1.54) is 0 Å². The first-order chi connectivity index (χ1) is 9.61. The molecule has 102 valence electrons. The average Bonchev–Trinajstić information content (AvgIpc) is 2.88. The van der Waals surface area contributed by atoms with E-state index in [1.807, 2.05) is 30.5 Å². The van der Waals surface area contributed by atoms with Gasteiger partial charge in [0, 0.05) is 18.0 Å². The minimum Gasteiger partial charge on any atom is -0.508 e. The minimum absolute atomic E-state index is 0.257. The van der Waals surface area contributed by atoms with Crippen molar-refractivity contribution in [3.05, 3.63) is 41.9 Å². The number of nitrogens with zero attached hydrogens (tertiary/aromatic N) is 3. The van der Waals surface area contributed by atoms with Gasteiger partial charge in [0.1, 0.15) is 5.75 Å². The lowest BCUT2D eigenvalue weighted by atomic mass is 10.0. The van der Waals surface area contributed by atoms with Gasteiger partial charge in [-0.25, -0.2) is 9.97 Å². The van der Waals surface area contributed by atoms with Gasteiger partial charge in [0.05, 0.1) is 18.5 Å². The van der Waals surface area contributed by atoms with E-state index in [4.69, 9.17) is 4.74 Å². The molecule has 0 radical (unpaired) electrons. The second-order valence-corrected chi connectivity index (χ2v) is 4.68. The number of fused-ring (bicyclic) bond motifs is 1. The normalized spacial score (nSPS) is 10.9. The van der Waals surface area contributed by atoms with Crippen molar-refractivity contribution in [3.63, 3.8) is 0 Å². The van der Waals surface area contributed by atoms with Gasteiger partial charge >= 0.3 is 0 Å². The molecule has 0 aliphatic heterocycles. The summed E-state index contributed by atoms with van der Waals surface area (Å²) in [6, 6.07) is 5.30. The molecule has 0 unspecified atom stereocenters. The van der Waals surface area contributed by atoms with Crippen LogP contribution in [-0.2, 0) is 0 Å². The summed E-state index contributed by atoms with van der Waals surface area (Å²) in [5, 5.41) is 9.55. The summed E-state index contributed by atoms with van der Waals surface area (Å²) in [6.07, 6.45) is 3.60. The predicted molar refractivity (Wildman–Crippen MR) is 76.1 cm³/mol. The Morgan fingerprint density at radius 1 is 1.25 bits per heavy atom. The second kappa shape index (κ2) is 4.52. The van der Waals surface area contributed by atoms with E-state index in [2.05, 4.69) is 9.97 Å². The lowest BCUT2D eigenvalue weighted by molar-refractivity contribution is 0.399. The maximum atomic E-state index is 9.55. The van der Waals surface area contributed by atoms with Crippen molar-refractivity contribution in [2.24, 2.45) is 0 Å². The van der Waals surface area contributed by atoms with Crippen LogP contribution in [0.4, 0.5) is 0 Å². The molecule has 20 heavy (non-hydrogen) atoms. The molecule has 3 rings (SSSR count). The summed E-state index contributed by atoms with van der Waals surface area (Å²) in [6.45, 7) is 3.89. The van der Waals surface area contributed by atoms with Crippen molar-refractivity contribution >= 4 is 5.65 Å². The third-order valence-corrected chi connectivity index (χ3v) is 3.34. The van der Waals surface area contributed by atoms with Gasteiger partial charge < -0.3 is 9.84 Å². The number of ether oxygens (including phenoxy) is 1. The molecule has 0 aliphatic rings. The fraction of sp³-hybridized carbons (Fsp3) is 0.200. The third-order valence-electron chi connectivity index (χ3n) is 3.34. The molecular formula is C15H15N3O2. The Morgan fingerprint density at radius 3 is 2.75 bits per heavy atom. The fourth-order valence-electron chi connectivity index (χ4n) is 2.45. The van der Waals surface area contributed by atoms with Gasteiger partial charge in [0.2, 0.25) is 5.65 Å². The fourth-order valence-corrected chi connectivity index (χ4v) is 2.45. The Bertz CT molecular complexity index is 793. The topological polar surface area (TPSA) is 59.7 Å². The minimum atomic E-state index is 0.257. The molecule has 0 fully saturated rings. The first-order valence-corrected chi connectivity index (χ1v) is 6.29. The van der Waals surface area contributed by atoms with Crippen LogP contribution in [0.2, 0.25) is 0 Å². The van der Waals surface area contributed by atoms with Crippen molar-refractivity contribution in [1.82, 2.24) is 14.4 Å². The van der Waals surface area contributed by atoms with E-state index < -0.39 is 0 Å². The van der Waals surface area contributed by atoms with Crippen molar-refractivity contribution in [2.75, 3.05) is 7.11 Å². The van der Waals surface area contributed by atoms with Crippen LogP contribution in [0.5, 0.6) is 11.6 Å². The molecule has 0 atom stereocenters. The summed E-state index contributed by atoms with van der Waals surface area (Å²) >= 11 is 0. The van der Waals surface area contributed by atoms with Gasteiger partial charge in [-0.1, -0.05) is 0 Å². The van der Waals surface area contributed by atoms with Crippen LogP contribution in [0.3, 0.4) is 0 Å². The molecule has 0 spiro atoms. The summed E-state index contributed by atoms with van der Waals surface area (Å²) in [5.41, 5.74) is 4.48. The van der Waals surface area contributed by atoms with Crippen LogP contribution < -0.4 is 4.74 Å². The number of aromatic hydroxyl groups is 1. The van der Waals surface area contributed by atoms with Crippen molar-refractivity contribution in [1.29, 1.82) is 0 Å². The van der Waals surface area contributed by atoms with Crippen LogP contribution >= 0.6 is 0 Å². The number of methoxy groups -OCH3 is 1. The Balaban J connectivity index is 2.36. The van der Waals surface area contributed by atoms with Gasteiger partial charge in [0.25, 0.3) is 5.88 Å². The van der Waals surface area contributed by atoms with Crippen LogP contribution in [0, 0.1) is 13.8 Å². The maximum Gasteiger partial charge on any atom is 0.258 e. The zero-order valence-corrected chi connectivity index (χ0v) is 11.6. The van der Waals surface area contributed by atoms with E-state index in [9.17, 15) is 5.11 Å². The molecule has 5 heteroatoms. The summed E-state index contributed by atoms with van der Waals surface area (Å²) in [7, 11) is 1.59. The highest BCUT2D eigenvalue weighted by Crippen LogP contribution is 2.31. The van der Waals surface area contributed by atoms with Crippen LogP contribution in [-0.4, -0.2) is 26.6 Å². The molecule has 0 saturated carbocycles. The Labute approximate surface area is 116 Å². The molecule has 3 aromatic rings. The maximum absolute atomic E-state index is 9.55. The van der Waals surface area contributed by atoms with Crippen LogP contribution in [0.25, 0.3) is 16.9 Å². The number of imidazole rings is 1. The molecule has 0 saturated heterocycles. The number of hydrogen-bond donors (Lipinski definition) is 1. The molecule has 0 aliphatic carbocycles. The molecule has 5 nitrogen and oxygen atoms in total. The number of phenolic OH excluding ortho intramolecular Hbond substituents is 1. The van der Waals surface area contributed by atoms with E-state index in [-0.39, 0.29) is 5.75 Å². The summed E-state index contributed by atoms with van der Waals surface area (Å²) < 4.78 is 7.23. The van der Waals surface area contributed by atoms with Gasteiger partial charge in [-0.3, -0.25) is 4.40 Å². The van der Waals surface area contributed by atoms with Gasteiger partial charge in [-0.2, -0.15) is 0 Å². The van der Waals surface area contributed by atoms with Crippen molar-refractivity contribution in [2.45, 2.75) is 13.8 Å². The summed E-state index contributed by atoms with van der Waals surface area (Å²) in [5.74, 6) is 0.764. The summed E-state index contributed by atoms with van der Waals surface area (Å²) in [4.78, 5) is 8.75. The molecular weight excluding hydrogens is 254 g/mol. The lowest BCUT2D eigenvalue weighted by Gasteiger charge is -2.13. The van der Waals surface area contributed by atoms with Crippen molar-refractivity contribution < 1.29 is 9.84 Å². The number of hydrogen-bond acceptors (Lipinski definition) is 4. The third kappa shape index (κ3) is 1.79. The van der Waals surface area contributed by atoms with E-state index >= 15 is 0 Å². The SMILES string of the molecule is COc1nc(C)c(-c2ccc(O)cc2C)n2ccnc12. The monoisotopic (exact) mass is 269 g/mol. The Hall–Kier alpha value is -2.56. The van der Waals surface area contributed by atoms with Gasteiger partial charge in [-0.05, 0) is 37.6 Å². The van der Waals surface area contributed by atoms with E-state index in [0.717, 1.165) is 22.5 Å². The number of aryl methyl sites for hydroxylation is 2. The highest BCUT2D eigenvalue weighted by atomic mass is 16.5. The van der Waals surface area contributed by atoms with E-state index in [1.54, 1.807) is 25.4 Å². The molecule has 0 amide bonds. The van der Waals surface area contributed by atoms with Gasteiger partial charge in [0.15, 0.2) is 0 Å². The average molecular weight is 269 g/mol. The number of aromatic nitrogens is 3. The number of phenols is 1. The van der Waals surface area contributed by atoms with Gasteiger partial charge in [-0.15, -0.1) is 0 Å². The lowest BCUT2D eigenvalue weighted by Crippen LogP contribution is -2.02. The standard InChI is InChI=1S/C15H15N3O2/c1-9-8-11(19)4-5-12(9)13-10(2)17-15(20-3)14-16-6-7-18(13)14/h4-8,19H,1-3H3. The number of rotatable bonds is 2. The Morgan fingerprint density at radius 2 is 2.05 bits per heavy atom. The van der Waals surface area contributed by atoms with E-state index in [0.29, 0.717) is 11.5 Å². The quantitative estimate of drug-likeness (QED) is 0.777. The largest absolute Gasteiger partial charge is 0.508 e. The first kappa shape index (κ1) is 12.5. The molecule has 1 aromatic carbocycles. The highest BCUT2D eigenvalue weighted by Gasteiger charge is 2.15. The molecule has 1 N–H and O–H groups in total. The smallest absolute Gasteiger partial charge is 0.258 e. The van der Waals surface area contributed by atoms with Crippen molar-refractivity contribution in [3.8, 4) is 22.9 Å². The molecule has 2 heterocycles. The second-order valence-electron chi connectivity index (χ2n) is 4.68. The molecule has 0 bridgehead atoms. The zero-order valence-electron chi connectivity index (χ0n) is 11.6. The first-order valence-electron chi connectivity index (χ1n) is 6.29.